The molecule has 9 heteroatoms. The number of aliphatic hydroxyl groups is 1. The summed E-state index contributed by atoms with van der Waals surface area (Å²) in [5.41, 5.74) is 3.97. The van der Waals surface area contributed by atoms with Gasteiger partial charge in [0.25, 0.3) is 5.91 Å². The van der Waals surface area contributed by atoms with E-state index in [1.807, 2.05) is 30.3 Å². The number of aromatic hydroxyl groups is 1. The number of aromatic nitrogens is 3. The lowest BCUT2D eigenvalue weighted by Crippen LogP contribution is -2.20. The predicted molar refractivity (Wildman–Crippen MR) is 139 cm³/mol. The molecule has 5 aromatic rings. The third-order valence-electron chi connectivity index (χ3n) is 5.71. The normalized spacial score (nSPS) is 11.8. The highest BCUT2D eigenvalue weighted by atomic mass is 16.3. The number of aliphatic hydroxyl groups excluding tert-OH is 1. The zero-order chi connectivity index (χ0) is 25.1. The maximum absolute atomic E-state index is 12.5. The van der Waals surface area contributed by atoms with Crippen LogP contribution in [0.5, 0.6) is 5.75 Å². The van der Waals surface area contributed by atoms with Gasteiger partial charge in [-0.3, -0.25) is 4.79 Å². The standard InChI is InChI=1S/C27H22BN5O3/c28-21-16-30-33-24(14-22(32-26(21)33)20-11-4-5-12-23(20)34)29-15-17-7-6-10-19(13-17)31-27(36)25(35)18-8-2-1-3-9-18/h1-14,16,25,29,34-35H,15H2,(H,31,36). The largest absolute Gasteiger partial charge is 0.507 e. The Kier molecular flexibility index (Phi) is 6.38. The van der Waals surface area contributed by atoms with Crippen LogP contribution in [0.3, 0.4) is 0 Å². The van der Waals surface area contributed by atoms with Gasteiger partial charge in [-0.25, -0.2) is 4.98 Å². The second kappa shape index (κ2) is 9.93. The van der Waals surface area contributed by atoms with E-state index in [1.165, 1.54) is 6.20 Å². The highest BCUT2D eigenvalue weighted by molar-refractivity contribution is 6.36. The Morgan fingerprint density at radius 2 is 1.78 bits per heavy atom. The van der Waals surface area contributed by atoms with Crippen LogP contribution in [-0.2, 0) is 11.3 Å². The number of carbonyl (C=O) groups is 1. The number of rotatable bonds is 7. The molecule has 0 fully saturated rings. The van der Waals surface area contributed by atoms with Crippen molar-refractivity contribution in [3.8, 4) is 17.0 Å². The van der Waals surface area contributed by atoms with Gasteiger partial charge in [-0.2, -0.15) is 9.61 Å². The van der Waals surface area contributed by atoms with Crippen LogP contribution in [0.2, 0.25) is 0 Å². The van der Waals surface area contributed by atoms with E-state index in [2.05, 4.69) is 20.7 Å². The Hall–Kier alpha value is -4.63. The number of para-hydroxylation sites is 1. The fourth-order valence-corrected chi connectivity index (χ4v) is 3.88. The summed E-state index contributed by atoms with van der Waals surface area (Å²) in [6, 6.07) is 24.8. The fraction of sp³-hybridized carbons (Fsp3) is 0.0741. The number of hydrogen-bond acceptors (Lipinski definition) is 6. The Morgan fingerprint density at radius 1 is 1.00 bits per heavy atom. The number of nitrogens with zero attached hydrogens (tertiary/aromatic N) is 3. The minimum Gasteiger partial charge on any atom is -0.507 e. The molecule has 36 heavy (non-hydrogen) atoms. The Labute approximate surface area is 208 Å². The lowest BCUT2D eigenvalue weighted by atomic mass is 10.0. The number of amides is 1. The van der Waals surface area contributed by atoms with Gasteiger partial charge in [0.05, 0.1) is 5.69 Å². The highest BCUT2D eigenvalue weighted by Crippen LogP contribution is 2.29. The van der Waals surface area contributed by atoms with Gasteiger partial charge in [0.2, 0.25) is 0 Å². The second-order valence-electron chi connectivity index (χ2n) is 8.24. The van der Waals surface area contributed by atoms with Gasteiger partial charge in [-0.05, 0) is 40.9 Å². The molecule has 1 unspecified atom stereocenters. The first kappa shape index (κ1) is 23.1. The van der Waals surface area contributed by atoms with Gasteiger partial charge in [0, 0.05) is 30.1 Å². The molecule has 0 bridgehead atoms. The van der Waals surface area contributed by atoms with Crippen molar-refractivity contribution in [2.45, 2.75) is 12.6 Å². The number of anilines is 2. The molecule has 0 aliphatic rings. The van der Waals surface area contributed by atoms with Gasteiger partial charge < -0.3 is 20.8 Å². The molecular weight excluding hydrogens is 453 g/mol. The summed E-state index contributed by atoms with van der Waals surface area (Å²) in [4.78, 5) is 17.1. The van der Waals surface area contributed by atoms with Gasteiger partial charge in [0.15, 0.2) is 11.8 Å². The summed E-state index contributed by atoms with van der Waals surface area (Å²) < 4.78 is 1.60. The first-order valence-electron chi connectivity index (χ1n) is 11.3. The smallest absolute Gasteiger partial charge is 0.257 e. The molecule has 5 rings (SSSR count). The minimum atomic E-state index is -1.27. The van der Waals surface area contributed by atoms with Crippen molar-refractivity contribution in [3.63, 3.8) is 0 Å². The molecule has 2 radical (unpaired) electrons. The molecule has 8 nitrogen and oxygen atoms in total. The number of hydrogen-bond donors (Lipinski definition) is 4. The fourth-order valence-electron chi connectivity index (χ4n) is 3.88. The summed E-state index contributed by atoms with van der Waals surface area (Å²) in [7, 11) is 6.07. The molecule has 0 saturated heterocycles. The van der Waals surface area contributed by atoms with E-state index < -0.39 is 12.0 Å². The maximum Gasteiger partial charge on any atom is 0.257 e. The van der Waals surface area contributed by atoms with E-state index in [0.29, 0.717) is 46.0 Å². The Morgan fingerprint density at radius 3 is 2.58 bits per heavy atom. The molecule has 0 saturated carbocycles. The lowest BCUT2D eigenvalue weighted by Gasteiger charge is -2.14. The average Bonchev–Trinajstić information content (AvgIpc) is 3.28. The van der Waals surface area contributed by atoms with Crippen LogP contribution in [0.1, 0.15) is 17.2 Å². The quantitative estimate of drug-likeness (QED) is 0.269. The van der Waals surface area contributed by atoms with Gasteiger partial charge in [0.1, 0.15) is 19.4 Å². The molecular formula is C27H22BN5O3. The number of fused-ring (bicyclic) bond motifs is 1. The summed E-state index contributed by atoms with van der Waals surface area (Å²) in [5.74, 6) is 0.227. The van der Waals surface area contributed by atoms with E-state index in [0.717, 1.165) is 5.56 Å². The zero-order valence-corrected chi connectivity index (χ0v) is 19.2. The van der Waals surface area contributed by atoms with Gasteiger partial charge >= 0.3 is 0 Å². The van der Waals surface area contributed by atoms with E-state index in [4.69, 9.17) is 7.85 Å². The minimum absolute atomic E-state index is 0.111. The highest BCUT2D eigenvalue weighted by Gasteiger charge is 2.17. The number of nitrogens with one attached hydrogen (secondary N) is 2. The van der Waals surface area contributed by atoms with Crippen LogP contribution < -0.4 is 16.1 Å². The zero-order valence-electron chi connectivity index (χ0n) is 19.2. The van der Waals surface area contributed by atoms with Crippen LogP contribution in [0.15, 0.2) is 91.1 Å². The van der Waals surface area contributed by atoms with Gasteiger partial charge in [-0.1, -0.05) is 54.6 Å². The van der Waals surface area contributed by atoms with Crippen molar-refractivity contribution in [1.82, 2.24) is 14.6 Å². The summed E-state index contributed by atoms with van der Waals surface area (Å²) >= 11 is 0. The molecule has 2 aromatic heterocycles. The molecule has 0 aliphatic carbocycles. The van der Waals surface area contributed by atoms with Crippen molar-refractivity contribution < 1.29 is 15.0 Å². The van der Waals surface area contributed by atoms with Crippen LogP contribution in [0, 0.1) is 0 Å². The van der Waals surface area contributed by atoms with E-state index in [1.54, 1.807) is 59.1 Å². The van der Waals surface area contributed by atoms with Crippen LogP contribution in [-0.4, -0.2) is 38.6 Å². The second-order valence-corrected chi connectivity index (χ2v) is 8.24. The molecule has 0 spiro atoms. The van der Waals surface area contributed by atoms with Crippen molar-refractivity contribution in [1.29, 1.82) is 0 Å². The molecule has 2 heterocycles. The van der Waals surface area contributed by atoms with Crippen molar-refractivity contribution in [3.05, 3.63) is 102 Å². The van der Waals surface area contributed by atoms with Crippen LogP contribution >= 0.6 is 0 Å². The topological polar surface area (TPSA) is 112 Å². The number of phenolic OH excluding ortho intramolecular Hbond substituents is 1. The predicted octanol–water partition coefficient (Wildman–Crippen LogP) is 3.18. The summed E-state index contributed by atoms with van der Waals surface area (Å²) in [5, 5.41) is 31.1. The van der Waals surface area contributed by atoms with Crippen molar-refractivity contribution in [2.24, 2.45) is 0 Å². The monoisotopic (exact) mass is 475 g/mol. The molecule has 176 valence electrons. The van der Waals surface area contributed by atoms with E-state index in [9.17, 15) is 15.0 Å². The molecule has 0 aliphatic heterocycles. The number of benzene rings is 3. The number of carbonyl (C=O) groups excluding carboxylic acids is 1. The first-order chi connectivity index (χ1) is 17.5. The molecule has 4 N–H and O–H groups in total. The maximum atomic E-state index is 12.5. The third-order valence-corrected chi connectivity index (χ3v) is 5.71. The summed E-state index contributed by atoms with van der Waals surface area (Å²) in [6.07, 6.45) is 0.257. The Balaban J connectivity index is 1.36. The average molecular weight is 475 g/mol. The molecule has 1 amide bonds. The van der Waals surface area contributed by atoms with Gasteiger partial charge in [-0.15, -0.1) is 0 Å². The van der Waals surface area contributed by atoms with Crippen molar-refractivity contribution in [2.75, 3.05) is 10.6 Å². The SMILES string of the molecule is [B]c1cnn2c(NCc3cccc(NC(=O)C(O)c4ccccc4)c3)cc(-c3ccccc3O)nc12. The van der Waals surface area contributed by atoms with Crippen LogP contribution in [0.4, 0.5) is 11.5 Å². The van der Waals surface area contributed by atoms with E-state index >= 15 is 0 Å². The van der Waals surface area contributed by atoms with Crippen molar-refractivity contribution >= 4 is 36.4 Å². The Bertz CT molecular complexity index is 1540. The summed E-state index contributed by atoms with van der Waals surface area (Å²) in [6.45, 7) is 0.407. The lowest BCUT2D eigenvalue weighted by molar-refractivity contribution is -0.124. The van der Waals surface area contributed by atoms with Crippen LogP contribution in [0.25, 0.3) is 16.9 Å². The van der Waals surface area contributed by atoms with E-state index in [-0.39, 0.29) is 5.75 Å². The third kappa shape index (κ3) is 4.78. The molecule has 1 atom stereocenters. The molecule has 3 aromatic carbocycles. The first-order valence-corrected chi connectivity index (χ1v) is 11.3. The number of phenols is 1.